The molecule has 1 atom stereocenters. The van der Waals surface area contributed by atoms with Gasteiger partial charge in [0.1, 0.15) is 11.3 Å². The van der Waals surface area contributed by atoms with Gasteiger partial charge in [-0.1, -0.05) is 6.07 Å². The minimum atomic E-state index is -1.31. The molecular weight excluding hydrogens is 270 g/mol. The second-order valence-corrected chi connectivity index (χ2v) is 5.92. The van der Waals surface area contributed by atoms with Crippen LogP contribution >= 0.6 is 0 Å². The smallest absolute Gasteiger partial charge is 0.243 e. The Balaban J connectivity index is 1.72. The number of aliphatic hydroxyl groups is 1. The average molecular weight is 291 g/mol. The maximum absolute atomic E-state index is 12.1. The van der Waals surface area contributed by atoms with Crippen molar-refractivity contribution in [1.82, 2.24) is 10.6 Å². The molecule has 3 N–H and O–H groups in total. The van der Waals surface area contributed by atoms with Gasteiger partial charge in [0.15, 0.2) is 5.85 Å². The van der Waals surface area contributed by atoms with Crippen molar-refractivity contribution in [3.63, 3.8) is 0 Å². The molecular formula is C15H21N3O3. The number of piperidine rings is 1. The zero-order chi connectivity index (χ0) is 15.1. The standard InChI is InChI=1S/C15H21N3O3/c1-14(20)16-13(19)15(17-14)6-8-18(9-7-15)11-4-3-5-12(10-11)21-2/h3-5,10,17,20H,6-9H2,1-2H3,(H,16,19)/t14-/m1/s1. The van der Waals surface area contributed by atoms with Crippen LogP contribution in [0, 0.1) is 0 Å². The molecule has 1 spiro atoms. The van der Waals surface area contributed by atoms with E-state index in [1.807, 2.05) is 24.3 Å². The van der Waals surface area contributed by atoms with E-state index in [0.717, 1.165) is 24.5 Å². The largest absolute Gasteiger partial charge is 0.497 e. The van der Waals surface area contributed by atoms with Crippen LogP contribution < -0.4 is 20.3 Å². The van der Waals surface area contributed by atoms with Crippen LogP contribution in [0.2, 0.25) is 0 Å². The van der Waals surface area contributed by atoms with Gasteiger partial charge >= 0.3 is 0 Å². The molecule has 0 aromatic heterocycles. The number of hydrogen-bond donors (Lipinski definition) is 3. The first-order valence-electron chi connectivity index (χ1n) is 7.17. The summed E-state index contributed by atoms with van der Waals surface area (Å²) in [5, 5.41) is 15.6. The lowest BCUT2D eigenvalue weighted by Crippen LogP contribution is -2.57. The molecule has 3 rings (SSSR count). The number of nitrogens with one attached hydrogen (secondary N) is 2. The molecule has 1 aromatic rings. The number of anilines is 1. The van der Waals surface area contributed by atoms with E-state index in [2.05, 4.69) is 15.5 Å². The highest BCUT2D eigenvalue weighted by atomic mass is 16.5. The van der Waals surface area contributed by atoms with Gasteiger partial charge in [-0.05, 0) is 31.9 Å². The lowest BCUT2D eigenvalue weighted by atomic mass is 9.87. The van der Waals surface area contributed by atoms with E-state index in [0.29, 0.717) is 12.8 Å². The number of benzene rings is 1. The summed E-state index contributed by atoms with van der Waals surface area (Å²) in [6.45, 7) is 3.07. The monoisotopic (exact) mass is 291 g/mol. The SMILES string of the molecule is COc1cccc(N2CCC3(CC2)N[C@](C)(O)NC3=O)c1. The predicted molar refractivity (Wildman–Crippen MR) is 79.1 cm³/mol. The molecule has 0 radical (unpaired) electrons. The van der Waals surface area contributed by atoms with Crippen molar-refractivity contribution in [2.75, 3.05) is 25.1 Å². The van der Waals surface area contributed by atoms with Gasteiger partial charge in [-0.2, -0.15) is 0 Å². The number of ether oxygens (including phenoxy) is 1. The minimum Gasteiger partial charge on any atom is -0.497 e. The van der Waals surface area contributed by atoms with Crippen molar-refractivity contribution in [1.29, 1.82) is 0 Å². The molecule has 6 heteroatoms. The quantitative estimate of drug-likeness (QED) is 0.736. The summed E-state index contributed by atoms with van der Waals surface area (Å²) in [4.78, 5) is 14.4. The molecule has 21 heavy (non-hydrogen) atoms. The number of nitrogens with zero attached hydrogens (tertiary/aromatic N) is 1. The summed E-state index contributed by atoms with van der Waals surface area (Å²) in [6, 6.07) is 7.91. The zero-order valence-corrected chi connectivity index (χ0v) is 12.3. The fourth-order valence-electron chi connectivity index (χ4n) is 3.20. The number of rotatable bonds is 2. The van der Waals surface area contributed by atoms with Crippen molar-refractivity contribution in [3.8, 4) is 5.75 Å². The fraction of sp³-hybridized carbons (Fsp3) is 0.533. The highest BCUT2D eigenvalue weighted by molar-refractivity contribution is 5.89. The molecule has 2 saturated heterocycles. The van der Waals surface area contributed by atoms with Gasteiger partial charge in [-0.25, -0.2) is 0 Å². The molecule has 0 bridgehead atoms. The van der Waals surface area contributed by atoms with Crippen LogP contribution in [0.25, 0.3) is 0 Å². The second-order valence-electron chi connectivity index (χ2n) is 5.92. The van der Waals surface area contributed by atoms with Crippen molar-refractivity contribution in [2.45, 2.75) is 31.2 Å². The topological polar surface area (TPSA) is 73.8 Å². The zero-order valence-electron chi connectivity index (χ0n) is 12.3. The van der Waals surface area contributed by atoms with Gasteiger partial charge in [0.05, 0.1) is 7.11 Å². The maximum atomic E-state index is 12.1. The van der Waals surface area contributed by atoms with E-state index in [1.165, 1.54) is 0 Å². The number of hydrogen-bond acceptors (Lipinski definition) is 5. The van der Waals surface area contributed by atoms with Gasteiger partial charge in [-0.3, -0.25) is 10.1 Å². The lowest BCUT2D eigenvalue weighted by Gasteiger charge is -2.39. The molecule has 2 aliphatic heterocycles. The first-order valence-corrected chi connectivity index (χ1v) is 7.17. The maximum Gasteiger partial charge on any atom is 0.243 e. The van der Waals surface area contributed by atoms with Crippen molar-refractivity contribution >= 4 is 11.6 Å². The van der Waals surface area contributed by atoms with Gasteiger partial charge in [0, 0.05) is 24.8 Å². The Morgan fingerprint density at radius 3 is 2.62 bits per heavy atom. The Hall–Kier alpha value is -1.79. The van der Waals surface area contributed by atoms with Gasteiger partial charge < -0.3 is 20.1 Å². The van der Waals surface area contributed by atoms with Crippen molar-refractivity contribution in [3.05, 3.63) is 24.3 Å². The van der Waals surface area contributed by atoms with E-state index >= 15 is 0 Å². The van der Waals surface area contributed by atoms with E-state index < -0.39 is 11.4 Å². The number of amides is 1. The Morgan fingerprint density at radius 2 is 2.05 bits per heavy atom. The van der Waals surface area contributed by atoms with E-state index in [9.17, 15) is 9.90 Å². The highest BCUT2D eigenvalue weighted by Gasteiger charge is 2.52. The molecule has 0 aliphatic carbocycles. The molecule has 2 fully saturated rings. The predicted octanol–water partition coefficient (Wildman–Crippen LogP) is 0.420. The van der Waals surface area contributed by atoms with E-state index in [4.69, 9.17) is 4.74 Å². The van der Waals surface area contributed by atoms with Crippen LogP contribution in [0.3, 0.4) is 0 Å². The molecule has 2 heterocycles. The fourth-order valence-corrected chi connectivity index (χ4v) is 3.20. The first kappa shape index (κ1) is 14.2. The number of carbonyl (C=O) groups excluding carboxylic acids is 1. The normalized spacial score (nSPS) is 27.8. The van der Waals surface area contributed by atoms with Gasteiger partial charge in [-0.15, -0.1) is 0 Å². The van der Waals surface area contributed by atoms with E-state index in [1.54, 1.807) is 14.0 Å². The van der Waals surface area contributed by atoms with Crippen LogP contribution in [0.4, 0.5) is 5.69 Å². The van der Waals surface area contributed by atoms with Crippen LogP contribution in [0.1, 0.15) is 19.8 Å². The van der Waals surface area contributed by atoms with Gasteiger partial charge in [0.2, 0.25) is 5.91 Å². The van der Waals surface area contributed by atoms with Crippen LogP contribution in [-0.2, 0) is 4.79 Å². The summed E-state index contributed by atoms with van der Waals surface area (Å²) in [5.41, 5.74) is 0.438. The minimum absolute atomic E-state index is 0.113. The molecule has 0 unspecified atom stereocenters. The number of carbonyl (C=O) groups is 1. The summed E-state index contributed by atoms with van der Waals surface area (Å²) < 4.78 is 5.25. The molecule has 0 saturated carbocycles. The van der Waals surface area contributed by atoms with Crippen LogP contribution in [0.15, 0.2) is 24.3 Å². The number of methoxy groups -OCH3 is 1. The molecule has 1 aromatic carbocycles. The third-order valence-corrected chi connectivity index (χ3v) is 4.31. The summed E-state index contributed by atoms with van der Waals surface area (Å²) in [7, 11) is 1.65. The van der Waals surface area contributed by atoms with Crippen LogP contribution in [-0.4, -0.2) is 42.6 Å². The third kappa shape index (κ3) is 2.56. The Bertz CT molecular complexity index is 551. The Morgan fingerprint density at radius 1 is 1.33 bits per heavy atom. The third-order valence-electron chi connectivity index (χ3n) is 4.31. The highest BCUT2D eigenvalue weighted by Crippen LogP contribution is 2.32. The molecule has 1 amide bonds. The van der Waals surface area contributed by atoms with Crippen molar-refractivity contribution in [2.24, 2.45) is 0 Å². The Labute approximate surface area is 124 Å². The molecule has 6 nitrogen and oxygen atoms in total. The summed E-state index contributed by atoms with van der Waals surface area (Å²) in [6.07, 6.45) is 1.32. The summed E-state index contributed by atoms with van der Waals surface area (Å²) in [5.74, 6) is -0.597. The summed E-state index contributed by atoms with van der Waals surface area (Å²) >= 11 is 0. The second kappa shape index (κ2) is 4.89. The average Bonchev–Trinajstić information content (AvgIpc) is 2.69. The lowest BCUT2D eigenvalue weighted by molar-refractivity contribution is -0.125. The first-order chi connectivity index (χ1) is 9.94. The van der Waals surface area contributed by atoms with Gasteiger partial charge in [0.25, 0.3) is 0 Å². The van der Waals surface area contributed by atoms with Crippen LogP contribution in [0.5, 0.6) is 5.75 Å². The molecule has 2 aliphatic rings. The van der Waals surface area contributed by atoms with E-state index in [-0.39, 0.29) is 5.91 Å². The Kier molecular flexibility index (Phi) is 3.30. The van der Waals surface area contributed by atoms with Crippen molar-refractivity contribution < 1.29 is 14.6 Å². The molecule has 114 valence electrons.